The van der Waals surface area contributed by atoms with Crippen molar-refractivity contribution in [2.24, 2.45) is 5.73 Å². The van der Waals surface area contributed by atoms with Crippen LogP contribution in [0.3, 0.4) is 0 Å². The molecule has 1 rings (SSSR count). The Balaban J connectivity index is 2.33. The van der Waals surface area contributed by atoms with Crippen molar-refractivity contribution in [2.45, 2.75) is 12.8 Å². The van der Waals surface area contributed by atoms with Gasteiger partial charge in [0.2, 0.25) is 0 Å². The molecule has 0 saturated carbocycles. The van der Waals surface area contributed by atoms with Gasteiger partial charge in [-0.1, -0.05) is 58.0 Å². The van der Waals surface area contributed by atoms with Crippen LogP contribution >= 0.6 is 58.0 Å². The largest absolute Gasteiger partial charge is 0.464 e. The zero-order chi connectivity index (χ0) is 21.1. The van der Waals surface area contributed by atoms with Gasteiger partial charge in [0, 0.05) is 32.7 Å². The lowest BCUT2D eigenvalue weighted by molar-refractivity contribution is -0.146. The Morgan fingerprint density at radius 3 is 1.82 bits per heavy atom. The minimum absolute atomic E-state index is 0.0505. The molecule has 0 heterocycles. The third kappa shape index (κ3) is 8.47. The van der Waals surface area contributed by atoms with E-state index in [2.05, 4.69) is 10.6 Å². The van der Waals surface area contributed by atoms with E-state index in [1.165, 1.54) is 0 Å². The van der Waals surface area contributed by atoms with Gasteiger partial charge in [0.05, 0.1) is 27.9 Å². The summed E-state index contributed by atoms with van der Waals surface area (Å²) in [5, 5.41) is 5.67. The van der Waals surface area contributed by atoms with Crippen LogP contribution in [0.1, 0.15) is 12.8 Å². The van der Waals surface area contributed by atoms with Gasteiger partial charge in [0.1, 0.15) is 16.7 Å². The molecule has 28 heavy (non-hydrogen) atoms. The summed E-state index contributed by atoms with van der Waals surface area (Å²) in [7, 11) is 0. The van der Waals surface area contributed by atoms with Crippen molar-refractivity contribution in [1.82, 2.24) is 10.6 Å². The number of rotatable bonds is 12. The quantitative estimate of drug-likeness (QED) is 0.134. The summed E-state index contributed by atoms with van der Waals surface area (Å²) >= 11 is 29.6. The van der Waals surface area contributed by atoms with Crippen LogP contribution in [0.2, 0.25) is 25.1 Å². The molecule has 0 atom stereocenters. The Morgan fingerprint density at radius 1 is 0.750 bits per heavy atom. The zero-order valence-corrected chi connectivity index (χ0v) is 18.5. The maximum Gasteiger partial charge on any atom is 0.311 e. The highest BCUT2D eigenvalue weighted by molar-refractivity contribution is 6.55. The fourth-order valence-corrected chi connectivity index (χ4v) is 3.08. The van der Waals surface area contributed by atoms with E-state index in [0.717, 1.165) is 19.6 Å². The summed E-state index contributed by atoms with van der Waals surface area (Å²) in [5.74, 6) is -1.50. The summed E-state index contributed by atoms with van der Waals surface area (Å²) in [5.41, 5.74) is 5.35. The van der Waals surface area contributed by atoms with E-state index in [1.54, 1.807) is 0 Å². The van der Waals surface area contributed by atoms with Crippen molar-refractivity contribution in [3.05, 3.63) is 25.1 Å². The normalized spacial score (nSPS) is 10.8. The van der Waals surface area contributed by atoms with E-state index in [-0.39, 0.29) is 50.3 Å². The van der Waals surface area contributed by atoms with E-state index in [9.17, 15) is 9.59 Å². The van der Waals surface area contributed by atoms with Crippen LogP contribution < -0.4 is 21.1 Å². The highest BCUT2D eigenvalue weighted by Gasteiger charge is 2.23. The third-order valence-electron chi connectivity index (χ3n) is 3.26. The summed E-state index contributed by atoms with van der Waals surface area (Å²) in [6.45, 7) is 3.49. The number of esters is 2. The summed E-state index contributed by atoms with van der Waals surface area (Å²) in [6.07, 6.45) is -0.402. The van der Waals surface area contributed by atoms with Crippen molar-refractivity contribution in [3.63, 3.8) is 0 Å². The first kappa shape index (κ1) is 25.5. The van der Waals surface area contributed by atoms with Crippen LogP contribution in [0, 0.1) is 0 Å². The van der Waals surface area contributed by atoms with Gasteiger partial charge in [-0.05, 0) is 0 Å². The molecule has 0 spiro atoms. The van der Waals surface area contributed by atoms with Gasteiger partial charge < -0.3 is 25.8 Å². The predicted octanol–water partition coefficient (Wildman–Crippen LogP) is 3.32. The lowest BCUT2D eigenvalue weighted by Gasteiger charge is -2.12. The molecule has 0 aliphatic rings. The molecule has 0 aliphatic heterocycles. The van der Waals surface area contributed by atoms with Crippen molar-refractivity contribution in [3.8, 4) is 5.75 Å². The Kier molecular flexibility index (Phi) is 12.5. The van der Waals surface area contributed by atoms with Crippen LogP contribution in [0.5, 0.6) is 5.75 Å². The van der Waals surface area contributed by atoms with E-state index in [1.807, 2.05) is 0 Å². The number of ether oxygens (including phenoxy) is 2. The molecule has 158 valence electrons. The fourth-order valence-electron chi connectivity index (χ4n) is 1.88. The monoisotopic (exact) mass is 493 g/mol. The lowest BCUT2D eigenvalue weighted by Crippen LogP contribution is -2.32. The third-order valence-corrected chi connectivity index (χ3v) is 5.50. The smallest absolute Gasteiger partial charge is 0.311 e. The molecule has 0 aliphatic carbocycles. The van der Waals surface area contributed by atoms with Gasteiger partial charge in [0.25, 0.3) is 0 Å². The first-order valence-electron chi connectivity index (χ1n) is 8.28. The van der Waals surface area contributed by atoms with Gasteiger partial charge in [-0.15, -0.1) is 0 Å². The zero-order valence-electron chi connectivity index (χ0n) is 14.8. The first-order valence-corrected chi connectivity index (χ1v) is 10.2. The molecule has 0 fully saturated rings. The number of nitrogens with two attached hydrogens (primary N) is 1. The van der Waals surface area contributed by atoms with Gasteiger partial charge in [-0.2, -0.15) is 0 Å². The molecule has 12 heteroatoms. The molecule has 0 aromatic heterocycles. The van der Waals surface area contributed by atoms with Crippen molar-refractivity contribution >= 4 is 69.9 Å². The molecular weight excluding hydrogens is 475 g/mol. The van der Waals surface area contributed by atoms with Crippen molar-refractivity contribution in [1.29, 1.82) is 0 Å². The second-order valence-corrected chi connectivity index (χ2v) is 7.27. The fraction of sp³-hybridized carbons (Fsp3) is 0.500. The lowest BCUT2D eigenvalue weighted by atomic mass is 10.3. The van der Waals surface area contributed by atoms with Crippen LogP contribution in [-0.4, -0.2) is 51.3 Å². The van der Waals surface area contributed by atoms with E-state index in [4.69, 9.17) is 73.2 Å². The van der Waals surface area contributed by atoms with Crippen molar-refractivity contribution < 1.29 is 19.1 Å². The minimum atomic E-state index is -0.751. The van der Waals surface area contributed by atoms with Crippen LogP contribution in [-0.2, 0) is 14.3 Å². The van der Waals surface area contributed by atoms with Gasteiger partial charge in [-0.3, -0.25) is 9.59 Å². The number of halogens is 5. The number of hydrogen-bond acceptors (Lipinski definition) is 7. The molecule has 0 radical (unpaired) electrons. The average molecular weight is 496 g/mol. The number of nitrogens with one attached hydrogen (secondary N) is 2. The molecule has 0 unspecified atom stereocenters. The molecule has 1 aromatic carbocycles. The average Bonchev–Trinajstić information content (AvgIpc) is 2.68. The van der Waals surface area contributed by atoms with Gasteiger partial charge >= 0.3 is 11.9 Å². The van der Waals surface area contributed by atoms with Gasteiger partial charge in [0.15, 0.2) is 5.75 Å². The Bertz CT molecular complexity index is 662. The molecule has 0 bridgehead atoms. The topological polar surface area (TPSA) is 103 Å². The molecule has 4 N–H and O–H groups in total. The van der Waals surface area contributed by atoms with E-state index < -0.39 is 11.9 Å². The standard InChI is InChI=1S/C16H20Cl5N3O4/c17-11-12(18)14(20)16(15(21)13(11)19)28-10(26)2-1-9(25)27-8-7-24-6-5-23-4-3-22/h23-24H,1-8,22H2. The molecule has 1 aromatic rings. The van der Waals surface area contributed by atoms with E-state index in [0.29, 0.717) is 13.1 Å². The highest BCUT2D eigenvalue weighted by Crippen LogP contribution is 2.48. The maximum atomic E-state index is 11.9. The number of hydrogen-bond donors (Lipinski definition) is 3. The SMILES string of the molecule is NCCNCCNCCOC(=O)CCC(=O)Oc1c(Cl)c(Cl)c(Cl)c(Cl)c1Cl. The van der Waals surface area contributed by atoms with Crippen LogP contribution in [0.4, 0.5) is 0 Å². The Labute approximate surface area is 188 Å². The number of carbonyl (C=O) groups is 2. The maximum absolute atomic E-state index is 11.9. The van der Waals surface area contributed by atoms with Crippen LogP contribution in [0.25, 0.3) is 0 Å². The Hall–Kier alpha value is -0.510. The first-order chi connectivity index (χ1) is 13.3. The molecule has 0 amide bonds. The predicted molar refractivity (Wildman–Crippen MR) is 112 cm³/mol. The second-order valence-electron chi connectivity index (χ2n) is 5.38. The highest BCUT2D eigenvalue weighted by atomic mass is 35.5. The second kappa shape index (κ2) is 13.7. The minimum Gasteiger partial charge on any atom is -0.464 e. The molecular formula is C16H20Cl5N3O4. The Morgan fingerprint density at radius 2 is 1.25 bits per heavy atom. The molecule has 7 nitrogen and oxygen atoms in total. The van der Waals surface area contributed by atoms with Crippen molar-refractivity contribution in [2.75, 3.05) is 39.3 Å². The summed E-state index contributed by atoms with van der Waals surface area (Å²) < 4.78 is 10.1. The van der Waals surface area contributed by atoms with Gasteiger partial charge in [-0.25, -0.2) is 0 Å². The summed E-state index contributed by atoms with van der Waals surface area (Å²) in [4.78, 5) is 23.6. The summed E-state index contributed by atoms with van der Waals surface area (Å²) in [6, 6.07) is 0. The van der Waals surface area contributed by atoms with Crippen LogP contribution in [0.15, 0.2) is 0 Å². The van der Waals surface area contributed by atoms with E-state index >= 15 is 0 Å². The molecule has 0 saturated heterocycles. The number of benzene rings is 1. The number of carbonyl (C=O) groups excluding carboxylic acids is 2.